The van der Waals surface area contributed by atoms with E-state index in [-0.39, 0.29) is 11.1 Å². The molecule has 13 aromatic rings. The second kappa shape index (κ2) is 14.9. The zero-order valence-electron chi connectivity index (χ0n) is 38.7. The van der Waals surface area contributed by atoms with Gasteiger partial charge in [0.2, 0.25) is 0 Å². The van der Waals surface area contributed by atoms with E-state index in [1.807, 2.05) is 138 Å². The van der Waals surface area contributed by atoms with Crippen LogP contribution < -0.4 is 0 Å². The van der Waals surface area contributed by atoms with Crippen LogP contribution in [0.5, 0.6) is 0 Å². The summed E-state index contributed by atoms with van der Waals surface area (Å²) in [6.45, 7) is -4.91. The summed E-state index contributed by atoms with van der Waals surface area (Å²) in [5, 5.41) is 4.29. The minimum Gasteiger partial charge on any atom is -0.457 e. The van der Waals surface area contributed by atoms with Gasteiger partial charge in [0.15, 0.2) is 0 Å². The van der Waals surface area contributed by atoms with E-state index in [0.717, 1.165) is 49.4 Å². The van der Waals surface area contributed by atoms with Gasteiger partial charge in [0.1, 0.15) is 28.0 Å². The molecular formula is C55H40N4O2. The zero-order chi connectivity index (χ0) is 45.9. The minimum absolute atomic E-state index is 0.0691. The highest BCUT2D eigenvalue weighted by Gasteiger charge is 2.12. The molecule has 5 aromatic heterocycles. The van der Waals surface area contributed by atoms with Crippen LogP contribution in [-0.4, -0.2) is 19.4 Å². The van der Waals surface area contributed by atoms with Gasteiger partial charge in [-0.25, -0.2) is 4.98 Å². The Morgan fingerprint density at radius 2 is 1.28 bits per heavy atom. The summed E-state index contributed by atoms with van der Waals surface area (Å²) >= 11 is 0. The number of aromatic nitrogens is 4. The summed E-state index contributed by atoms with van der Waals surface area (Å²) in [6, 6.07) is 59.7. The summed E-state index contributed by atoms with van der Waals surface area (Å²) in [4.78, 5) is 12.4. The first kappa shape index (κ1) is 30.0. The predicted octanol–water partition coefficient (Wildman–Crippen LogP) is 15.2. The number of hydrogen-bond donors (Lipinski definition) is 2. The third-order valence-electron chi connectivity index (χ3n) is 11.1. The molecule has 2 N–H and O–H groups in total. The highest BCUT2D eigenvalue weighted by molar-refractivity contribution is 6.10. The van der Waals surface area contributed by atoms with E-state index >= 15 is 0 Å². The lowest BCUT2D eigenvalue weighted by molar-refractivity contribution is 0.656. The number of hydrogen-bond acceptors (Lipinski definition) is 3. The molecule has 0 fully saturated rings. The summed E-state index contributed by atoms with van der Waals surface area (Å²) in [5.41, 5.74) is 9.47. The van der Waals surface area contributed by atoms with Crippen LogP contribution in [0.3, 0.4) is 0 Å². The van der Waals surface area contributed by atoms with Gasteiger partial charge in [0.05, 0.1) is 27.6 Å². The second-order valence-electron chi connectivity index (χ2n) is 15.0. The Bertz CT molecular complexity index is 4020. The van der Waals surface area contributed by atoms with Crippen LogP contribution in [-0.2, 0) is 0 Å². The Balaban J connectivity index is 1.30. The molecule has 292 valence electrons. The molecule has 8 bridgehead atoms. The quantitative estimate of drug-likeness (QED) is 0.174. The van der Waals surface area contributed by atoms with Gasteiger partial charge in [-0.3, -0.25) is 4.40 Å². The number of fused-ring (bicyclic) bond motifs is 4. The van der Waals surface area contributed by atoms with Gasteiger partial charge >= 0.3 is 0 Å². The smallest absolute Gasteiger partial charge is 0.137 e. The standard InChI is InChI=1S/C55H40N4O2/c1-35-22-29-51-47(30-35)45-28-27-42-33-52(45)59(51)54-31-36(2)48(34-56-54)46-16-6-9-21-53(46)61-40-25-23-38(24-26-40)44-18-11-17-43(37-12-4-3-5-13-37)55(44)58-50-20-8-7-19-49(50)57-39-14-10-15-41(32-39)60-42/h3-34,57-58H,1-2H3/i1D3,2D3. The molecule has 0 saturated carbocycles. The number of aromatic amines is 2. The minimum atomic E-state index is -2.56. The molecule has 0 amide bonds. The Morgan fingerprint density at radius 3 is 2.15 bits per heavy atom. The summed E-state index contributed by atoms with van der Waals surface area (Å²) in [6.07, 6.45) is 1.57. The first-order chi connectivity index (χ1) is 32.4. The summed E-state index contributed by atoms with van der Waals surface area (Å²) in [5.74, 6) is 0. The van der Waals surface area contributed by atoms with E-state index in [2.05, 4.69) is 40.3 Å². The molecule has 6 nitrogen and oxygen atoms in total. The monoisotopic (exact) mass is 794 g/mol. The highest BCUT2D eigenvalue weighted by atomic mass is 16.3. The molecule has 0 aliphatic rings. The first-order valence-corrected chi connectivity index (χ1v) is 20.0. The van der Waals surface area contributed by atoms with E-state index in [1.165, 1.54) is 0 Å². The zero-order valence-corrected chi connectivity index (χ0v) is 32.7. The van der Waals surface area contributed by atoms with Gasteiger partial charge < -0.3 is 18.8 Å². The molecule has 0 aliphatic heterocycles. The van der Waals surface area contributed by atoms with Crippen molar-refractivity contribution in [2.75, 3.05) is 0 Å². The van der Waals surface area contributed by atoms with Gasteiger partial charge in [0.25, 0.3) is 0 Å². The van der Waals surface area contributed by atoms with Crippen molar-refractivity contribution < 1.29 is 17.1 Å². The van der Waals surface area contributed by atoms with E-state index in [9.17, 15) is 0 Å². The molecule has 5 heterocycles. The molecule has 13 rings (SSSR count). The lowest BCUT2D eigenvalue weighted by Gasteiger charge is -2.08. The number of rotatable bonds is 1. The maximum absolute atomic E-state index is 8.81. The number of benzene rings is 8. The van der Waals surface area contributed by atoms with Crippen molar-refractivity contribution in [3.8, 4) is 11.1 Å². The second-order valence-corrected chi connectivity index (χ2v) is 15.0. The average Bonchev–Trinajstić information content (AvgIpc) is 3.65. The number of nitrogens with zero attached hydrogens (tertiary/aromatic N) is 2. The normalized spacial score (nSPS) is 13.3. The summed E-state index contributed by atoms with van der Waals surface area (Å²) in [7, 11) is 0. The largest absolute Gasteiger partial charge is 0.457 e. The van der Waals surface area contributed by atoms with Gasteiger partial charge in [-0.1, -0.05) is 109 Å². The predicted molar refractivity (Wildman–Crippen MR) is 254 cm³/mol. The molecule has 61 heavy (non-hydrogen) atoms. The summed E-state index contributed by atoms with van der Waals surface area (Å²) < 4.78 is 66.0. The van der Waals surface area contributed by atoms with Crippen LogP contribution in [0.4, 0.5) is 0 Å². The third-order valence-corrected chi connectivity index (χ3v) is 11.1. The number of para-hydroxylation sites is 4. The topological polar surface area (TPSA) is 75.2 Å². The van der Waals surface area contributed by atoms with Crippen LogP contribution in [0.2, 0.25) is 0 Å². The molecule has 6 heteroatoms. The van der Waals surface area contributed by atoms with Crippen LogP contribution in [0.25, 0.3) is 105 Å². The highest BCUT2D eigenvalue weighted by Crippen LogP contribution is 2.33. The third kappa shape index (κ3) is 6.70. The van der Waals surface area contributed by atoms with Crippen LogP contribution in [0, 0.1) is 13.7 Å². The SMILES string of the molecule is [2H]C([2H])([2H])c1ccc2c(c1)c1ccc3cc1n2c1cc(C([2H])([2H])[2H])c(cn1)c1ccccc1oc1ccc(cc1)c1cccc(-c2ccccc2)c1[nH]c1ccccc1[nH]c1cccc(c1)o3. The Hall–Kier alpha value is -8.09. The van der Waals surface area contributed by atoms with E-state index < -0.39 is 13.7 Å². The molecule has 0 atom stereocenters. The van der Waals surface area contributed by atoms with E-state index in [4.69, 9.17) is 22.0 Å². The maximum atomic E-state index is 8.81. The van der Waals surface area contributed by atoms with Gasteiger partial charge in [-0.05, 0) is 103 Å². The number of H-pyrrole nitrogens is 2. The van der Waals surface area contributed by atoms with Gasteiger partial charge in [-0.2, -0.15) is 0 Å². The number of nitrogens with one attached hydrogen (secondary N) is 2. The fourth-order valence-electron chi connectivity index (χ4n) is 8.25. The lowest BCUT2D eigenvalue weighted by Crippen LogP contribution is -1.90. The Kier molecular flexibility index (Phi) is 7.35. The molecule has 8 aromatic carbocycles. The van der Waals surface area contributed by atoms with Gasteiger partial charge in [-0.15, -0.1) is 0 Å². The molecule has 0 unspecified atom stereocenters. The lowest BCUT2D eigenvalue weighted by atomic mass is 10.0. The fraction of sp³-hybridized carbons (Fsp3) is 0.0364. The number of aryl methyl sites for hydroxylation is 2. The van der Waals surface area contributed by atoms with Crippen molar-refractivity contribution in [3.05, 3.63) is 205 Å². The van der Waals surface area contributed by atoms with Crippen molar-refractivity contribution in [1.29, 1.82) is 0 Å². The van der Waals surface area contributed by atoms with E-state index in [1.54, 1.807) is 30.5 Å². The molecular weight excluding hydrogens is 749 g/mol. The van der Waals surface area contributed by atoms with Crippen LogP contribution in [0.1, 0.15) is 19.4 Å². The first-order valence-electron chi connectivity index (χ1n) is 23.0. The molecule has 0 spiro atoms. The van der Waals surface area contributed by atoms with Gasteiger partial charge in [0, 0.05) is 64.6 Å². The van der Waals surface area contributed by atoms with Crippen molar-refractivity contribution in [3.63, 3.8) is 0 Å². The van der Waals surface area contributed by atoms with Crippen molar-refractivity contribution >= 4 is 93.4 Å². The van der Waals surface area contributed by atoms with Crippen molar-refractivity contribution in [2.45, 2.75) is 13.7 Å². The molecule has 0 radical (unpaired) electrons. The van der Waals surface area contributed by atoms with Crippen molar-refractivity contribution in [2.24, 2.45) is 0 Å². The van der Waals surface area contributed by atoms with Crippen LogP contribution >= 0.6 is 0 Å². The van der Waals surface area contributed by atoms with Crippen molar-refractivity contribution in [1.82, 2.24) is 19.4 Å². The molecule has 0 saturated heterocycles. The molecule has 0 aliphatic carbocycles. The van der Waals surface area contributed by atoms with E-state index in [0.29, 0.717) is 55.2 Å². The van der Waals surface area contributed by atoms with Crippen LogP contribution in [0.15, 0.2) is 203 Å². The average molecular weight is 795 g/mol. The Labute approximate surface area is 359 Å². The fourth-order valence-corrected chi connectivity index (χ4v) is 8.25. The maximum Gasteiger partial charge on any atom is 0.137 e. The number of pyridine rings is 1. The Morgan fingerprint density at radius 1 is 0.508 bits per heavy atom.